The summed E-state index contributed by atoms with van der Waals surface area (Å²) >= 11 is 1.76. The van der Waals surface area contributed by atoms with Crippen molar-refractivity contribution in [2.24, 2.45) is 0 Å². The zero-order chi connectivity index (χ0) is 23.3. The van der Waals surface area contributed by atoms with E-state index >= 15 is 0 Å². The largest absolute Gasteiger partial charge is 0.508 e. The van der Waals surface area contributed by atoms with Crippen LogP contribution in [-0.4, -0.2) is 70.2 Å². The number of carbonyl (C=O) groups excluding carboxylic acids is 1. The lowest BCUT2D eigenvalue weighted by atomic mass is 10.0. The summed E-state index contributed by atoms with van der Waals surface area (Å²) < 4.78 is 0. The molecule has 3 aromatic rings. The molecule has 0 aliphatic carbocycles. The fourth-order valence-corrected chi connectivity index (χ4v) is 5.55. The molecule has 0 spiro atoms. The van der Waals surface area contributed by atoms with Crippen LogP contribution in [0.25, 0.3) is 21.7 Å². The molecule has 4 heterocycles. The van der Waals surface area contributed by atoms with Crippen molar-refractivity contribution in [1.29, 1.82) is 0 Å². The van der Waals surface area contributed by atoms with E-state index in [0.717, 1.165) is 34.8 Å². The number of likely N-dealkylation sites (tertiary alicyclic amines) is 1. The maximum atomic E-state index is 11.8. The van der Waals surface area contributed by atoms with Gasteiger partial charge in [-0.25, -0.2) is 14.8 Å². The molecule has 0 bridgehead atoms. The van der Waals surface area contributed by atoms with E-state index in [1.165, 1.54) is 37.2 Å². The van der Waals surface area contributed by atoms with Crippen molar-refractivity contribution in [3.8, 4) is 27.4 Å². The maximum absolute atomic E-state index is 11.8. The van der Waals surface area contributed by atoms with Crippen molar-refractivity contribution in [3.63, 3.8) is 0 Å². The SMILES string of the molecule is O=C1NCCN1CCNc1ncc(-c2cccc(O)c2)c(-c2ccc(CN3CCCCC3)s2)n1. The lowest BCUT2D eigenvalue weighted by Crippen LogP contribution is -2.32. The number of aromatic nitrogens is 2. The second-order valence-electron chi connectivity index (χ2n) is 8.75. The van der Waals surface area contributed by atoms with Crippen molar-refractivity contribution in [2.45, 2.75) is 25.8 Å². The Bertz CT molecular complexity index is 1140. The highest BCUT2D eigenvalue weighted by Crippen LogP contribution is 2.36. The van der Waals surface area contributed by atoms with E-state index in [1.807, 2.05) is 18.3 Å². The summed E-state index contributed by atoms with van der Waals surface area (Å²) in [6.07, 6.45) is 5.70. The highest BCUT2D eigenvalue weighted by molar-refractivity contribution is 7.15. The molecule has 2 aromatic heterocycles. The van der Waals surface area contributed by atoms with Crippen molar-refractivity contribution in [1.82, 2.24) is 25.1 Å². The first-order chi connectivity index (χ1) is 16.7. The Kier molecular flexibility index (Phi) is 6.92. The summed E-state index contributed by atoms with van der Waals surface area (Å²) in [7, 11) is 0. The number of thiophene rings is 1. The summed E-state index contributed by atoms with van der Waals surface area (Å²) in [4.78, 5) is 27.9. The molecule has 0 saturated carbocycles. The van der Waals surface area contributed by atoms with Crippen LogP contribution >= 0.6 is 11.3 Å². The number of phenolic OH excluding ortho intramolecular Hbond substituents is 1. The molecule has 2 amide bonds. The number of benzene rings is 1. The van der Waals surface area contributed by atoms with Crippen LogP contribution in [0.2, 0.25) is 0 Å². The highest BCUT2D eigenvalue weighted by Gasteiger charge is 2.19. The summed E-state index contributed by atoms with van der Waals surface area (Å²) in [6.45, 7) is 5.88. The summed E-state index contributed by atoms with van der Waals surface area (Å²) in [5, 5.41) is 16.1. The average molecular weight is 479 g/mol. The third kappa shape index (κ3) is 5.31. The topological polar surface area (TPSA) is 93.6 Å². The number of urea groups is 1. The Morgan fingerprint density at radius 1 is 1.12 bits per heavy atom. The van der Waals surface area contributed by atoms with Gasteiger partial charge in [0.05, 0.1) is 10.6 Å². The van der Waals surface area contributed by atoms with E-state index in [9.17, 15) is 9.90 Å². The number of carbonyl (C=O) groups is 1. The van der Waals surface area contributed by atoms with Crippen LogP contribution in [0.15, 0.2) is 42.6 Å². The standard InChI is InChI=1S/C25H30N6O2S/c32-19-6-4-5-18(15-19)21-16-28-24(26-9-13-31-14-10-27-25(31)33)29-23(21)22-8-7-20(34-22)17-30-11-2-1-3-12-30/h4-8,15-16,32H,1-3,9-14,17H2,(H,27,33)(H,26,28,29). The van der Waals surface area contributed by atoms with Gasteiger partial charge in [-0.3, -0.25) is 4.90 Å². The molecule has 3 N–H and O–H groups in total. The number of nitrogens with one attached hydrogen (secondary N) is 2. The zero-order valence-corrected chi connectivity index (χ0v) is 20.0. The number of anilines is 1. The van der Waals surface area contributed by atoms with Crippen molar-refractivity contribution in [2.75, 3.05) is 44.6 Å². The monoisotopic (exact) mass is 478 g/mol. The number of phenols is 1. The van der Waals surface area contributed by atoms with Crippen molar-refractivity contribution in [3.05, 3.63) is 47.5 Å². The molecule has 178 valence electrons. The zero-order valence-electron chi connectivity index (χ0n) is 19.2. The van der Waals surface area contributed by atoms with Gasteiger partial charge in [-0.2, -0.15) is 0 Å². The molecule has 0 unspecified atom stereocenters. The van der Waals surface area contributed by atoms with Gasteiger partial charge in [0.15, 0.2) is 0 Å². The predicted octanol–water partition coefficient (Wildman–Crippen LogP) is 4.00. The van der Waals surface area contributed by atoms with Gasteiger partial charge in [-0.15, -0.1) is 11.3 Å². The number of hydrogen-bond donors (Lipinski definition) is 3. The molecule has 2 saturated heterocycles. The fourth-order valence-electron chi connectivity index (χ4n) is 4.49. The Labute approximate surface area is 203 Å². The van der Waals surface area contributed by atoms with Crippen molar-refractivity contribution < 1.29 is 9.90 Å². The molecule has 34 heavy (non-hydrogen) atoms. The number of hydrogen-bond acceptors (Lipinski definition) is 7. The molecule has 0 atom stereocenters. The minimum atomic E-state index is -0.0255. The van der Waals surface area contributed by atoms with Gasteiger partial charge in [-0.1, -0.05) is 18.6 Å². The van der Waals surface area contributed by atoms with E-state index in [1.54, 1.807) is 28.4 Å². The van der Waals surface area contributed by atoms with E-state index in [0.29, 0.717) is 25.6 Å². The quantitative estimate of drug-likeness (QED) is 0.453. The fraction of sp³-hybridized carbons (Fsp3) is 0.400. The first kappa shape index (κ1) is 22.6. The molecule has 2 aliphatic heterocycles. The lowest BCUT2D eigenvalue weighted by Gasteiger charge is -2.25. The van der Waals surface area contributed by atoms with Crippen molar-refractivity contribution >= 4 is 23.3 Å². The minimum Gasteiger partial charge on any atom is -0.508 e. The van der Waals surface area contributed by atoms with E-state index in [-0.39, 0.29) is 11.8 Å². The second kappa shape index (κ2) is 10.4. The molecule has 5 rings (SSSR count). The molecular formula is C25H30N6O2S. The average Bonchev–Trinajstić information content (AvgIpc) is 3.48. The molecule has 2 fully saturated rings. The van der Waals surface area contributed by atoms with Gasteiger partial charge in [-0.05, 0) is 55.8 Å². The number of aromatic hydroxyl groups is 1. The summed E-state index contributed by atoms with van der Waals surface area (Å²) in [5.74, 6) is 0.746. The van der Waals surface area contributed by atoms with Crippen LogP contribution in [0.3, 0.4) is 0 Å². The summed E-state index contributed by atoms with van der Waals surface area (Å²) in [5.41, 5.74) is 2.60. The predicted molar refractivity (Wildman–Crippen MR) is 135 cm³/mol. The van der Waals surface area contributed by atoms with Gasteiger partial charge in [0.25, 0.3) is 0 Å². The summed E-state index contributed by atoms with van der Waals surface area (Å²) in [6, 6.07) is 11.5. The van der Waals surface area contributed by atoms with Crippen LogP contribution in [0, 0.1) is 0 Å². The molecule has 9 heteroatoms. The van der Waals surface area contributed by atoms with Crippen LogP contribution in [0.4, 0.5) is 10.7 Å². The minimum absolute atomic E-state index is 0.0255. The van der Waals surface area contributed by atoms with Crippen LogP contribution in [0.1, 0.15) is 24.1 Å². The van der Waals surface area contributed by atoms with Gasteiger partial charge in [0, 0.05) is 49.4 Å². The van der Waals surface area contributed by atoms with Gasteiger partial charge >= 0.3 is 6.03 Å². The smallest absolute Gasteiger partial charge is 0.317 e. The number of amides is 2. The Morgan fingerprint density at radius 2 is 2.00 bits per heavy atom. The molecule has 2 aliphatic rings. The van der Waals surface area contributed by atoms with E-state index in [4.69, 9.17) is 4.98 Å². The van der Waals surface area contributed by atoms with Crippen LogP contribution in [-0.2, 0) is 6.54 Å². The number of rotatable bonds is 8. The molecular weight excluding hydrogens is 448 g/mol. The van der Waals surface area contributed by atoms with Gasteiger partial charge in [0.2, 0.25) is 5.95 Å². The molecule has 8 nitrogen and oxygen atoms in total. The third-order valence-electron chi connectivity index (χ3n) is 6.28. The highest BCUT2D eigenvalue weighted by atomic mass is 32.1. The van der Waals surface area contributed by atoms with Crippen LogP contribution in [0.5, 0.6) is 5.75 Å². The number of piperidine rings is 1. The lowest BCUT2D eigenvalue weighted by molar-refractivity contribution is 0.219. The number of nitrogens with zero attached hydrogens (tertiary/aromatic N) is 4. The Morgan fingerprint density at radius 3 is 2.79 bits per heavy atom. The first-order valence-electron chi connectivity index (χ1n) is 11.9. The first-order valence-corrected chi connectivity index (χ1v) is 12.7. The Hall–Kier alpha value is -3.17. The van der Waals surface area contributed by atoms with E-state index < -0.39 is 0 Å². The normalized spacial score (nSPS) is 16.6. The Balaban J connectivity index is 1.38. The van der Waals surface area contributed by atoms with E-state index in [2.05, 4.69) is 32.7 Å². The maximum Gasteiger partial charge on any atom is 0.317 e. The van der Waals surface area contributed by atoms with Crippen LogP contribution < -0.4 is 10.6 Å². The van der Waals surface area contributed by atoms with Gasteiger partial charge < -0.3 is 20.6 Å². The third-order valence-corrected chi connectivity index (χ3v) is 7.36. The molecule has 0 radical (unpaired) electrons. The second-order valence-corrected chi connectivity index (χ2v) is 9.92. The molecule has 1 aromatic carbocycles. The van der Waals surface area contributed by atoms with Gasteiger partial charge in [0.1, 0.15) is 5.75 Å².